The van der Waals surface area contributed by atoms with Crippen LogP contribution in [0.2, 0.25) is 0 Å². The van der Waals surface area contributed by atoms with Crippen molar-refractivity contribution in [1.82, 2.24) is 10.2 Å². The fraction of sp³-hybridized carbons (Fsp3) is 0.429. The maximum absolute atomic E-state index is 5.96. The van der Waals surface area contributed by atoms with Crippen LogP contribution in [0.25, 0.3) is 11.0 Å². The Labute approximate surface area is 107 Å². The number of hydrogen-bond acceptors (Lipinski definition) is 4. The second kappa shape index (κ2) is 4.63. The summed E-state index contributed by atoms with van der Waals surface area (Å²) in [7, 11) is 3.81. The number of nitrogens with one attached hydrogen (secondary N) is 1. The maximum atomic E-state index is 5.96. The number of rotatable bonds is 2. The molecule has 0 radical (unpaired) electrons. The van der Waals surface area contributed by atoms with Crippen molar-refractivity contribution in [1.29, 1.82) is 0 Å². The van der Waals surface area contributed by atoms with Crippen molar-refractivity contribution in [2.45, 2.75) is 6.04 Å². The molecule has 0 aliphatic carbocycles. The monoisotopic (exact) mass is 246 g/mol. The molecule has 0 spiro atoms. The van der Waals surface area contributed by atoms with Crippen molar-refractivity contribution in [3.63, 3.8) is 0 Å². The molecule has 1 aromatic carbocycles. The number of piperazine rings is 1. The van der Waals surface area contributed by atoms with Crippen LogP contribution < -0.4 is 10.1 Å². The minimum Gasteiger partial charge on any atom is -0.497 e. The molecule has 0 saturated carbocycles. The van der Waals surface area contributed by atoms with E-state index in [-0.39, 0.29) is 0 Å². The largest absolute Gasteiger partial charge is 0.497 e. The van der Waals surface area contributed by atoms with Gasteiger partial charge in [0.25, 0.3) is 0 Å². The summed E-state index contributed by atoms with van der Waals surface area (Å²) in [6, 6.07) is 8.39. The molecule has 1 atom stereocenters. The Morgan fingerprint density at radius 1 is 1.39 bits per heavy atom. The molecule has 0 amide bonds. The van der Waals surface area contributed by atoms with Gasteiger partial charge in [-0.1, -0.05) is 0 Å². The summed E-state index contributed by atoms with van der Waals surface area (Å²) in [6.07, 6.45) is 0. The third-order valence-electron chi connectivity index (χ3n) is 3.59. The molecule has 1 unspecified atom stereocenters. The molecular weight excluding hydrogens is 228 g/mol. The van der Waals surface area contributed by atoms with Crippen LogP contribution in [-0.4, -0.2) is 38.7 Å². The second-order valence-corrected chi connectivity index (χ2v) is 4.75. The van der Waals surface area contributed by atoms with Crippen molar-refractivity contribution < 1.29 is 9.15 Å². The van der Waals surface area contributed by atoms with E-state index in [4.69, 9.17) is 9.15 Å². The first kappa shape index (κ1) is 11.6. The number of hydrogen-bond donors (Lipinski definition) is 1. The number of methoxy groups -OCH3 is 1. The van der Waals surface area contributed by atoms with Crippen molar-refractivity contribution >= 4 is 11.0 Å². The van der Waals surface area contributed by atoms with Crippen LogP contribution in [0.1, 0.15) is 11.8 Å². The van der Waals surface area contributed by atoms with Gasteiger partial charge in [0, 0.05) is 31.1 Å². The Kier molecular flexibility index (Phi) is 2.97. The number of ether oxygens (including phenoxy) is 1. The molecule has 4 heteroatoms. The summed E-state index contributed by atoms with van der Waals surface area (Å²) >= 11 is 0. The van der Waals surface area contributed by atoms with E-state index < -0.39 is 0 Å². The summed E-state index contributed by atoms with van der Waals surface area (Å²) in [5, 5.41) is 4.53. The lowest BCUT2D eigenvalue weighted by Crippen LogP contribution is -2.43. The Morgan fingerprint density at radius 2 is 2.28 bits per heavy atom. The zero-order chi connectivity index (χ0) is 12.5. The van der Waals surface area contributed by atoms with Crippen molar-refractivity contribution in [3.8, 4) is 5.75 Å². The Balaban J connectivity index is 1.97. The molecule has 1 fully saturated rings. The van der Waals surface area contributed by atoms with Crippen LogP contribution in [0.5, 0.6) is 5.75 Å². The van der Waals surface area contributed by atoms with Crippen LogP contribution in [0.15, 0.2) is 28.7 Å². The normalized spacial score (nSPS) is 21.3. The van der Waals surface area contributed by atoms with Crippen LogP contribution in [0.4, 0.5) is 0 Å². The van der Waals surface area contributed by atoms with E-state index in [0.29, 0.717) is 6.04 Å². The van der Waals surface area contributed by atoms with Crippen LogP contribution in [-0.2, 0) is 0 Å². The number of furan rings is 1. The number of nitrogens with zero attached hydrogens (tertiary/aromatic N) is 1. The van der Waals surface area contributed by atoms with E-state index in [1.807, 2.05) is 18.2 Å². The topological polar surface area (TPSA) is 37.6 Å². The van der Waals surface area contributed by atoms with Crippen molar-refractivity contribution in [3.05, 3.63) is 30.0 Å². The molecule has 3 rings (SSSR count). The third kappa shape index (κ3) is 1.98. The molecule has 2 aromatic rings. The fourth-order valence-electron chi connectivity index (χ4n) is 2.45. The lowest BCUT2D eigenvalue weighted by molar-refractivity contribution is 0.180. The van der Waals surface area contributed by atoms with Gasteiger partial charge in [0.05, 0.1) is 13.2 Å². The van der Waals surface area contributed by atoms with E-state index in [1.165, 1.54) is 0 Å². The summed E-state index contributed by atoms with van der Waals surface area (Å²) in [5.74, 6) is 1.85. The quantitative estimate of drug-likeness (QED) is 0.879. The van der Waals surface area contributed by atoms with E-state index in [9.17, 15) is 0 Å². The molecule has 0 bridgehead atoms. The average Bonchev–Trinajstić information content (AvgIpc) is 2.81. The van der Waals surface area contributed by atoms with Gasteiger partial charge in [-0.2, -0.15) is 0 Å². The molecule has 4 nitrogen and oxygen atoms in total. The Morgan fingerprint density at radius 3 is 3.06 bits per heavy atom. The first-order chi connectivity index (χ1) is 8.78. The van der Waals surface area contributed by atoms with Crippen molar-refractivity contribution in [2.24, 2.45) is 0 Å². The Bertz CT molecular complexity index is 550. The summed E-state index contributed by atoms with van der Waals surface area (Å²) in [4.78, 5) is 2.32. The van der Waals surface area contributed by atoms with Gasteiger partial charge in [-0.3, -0.25) is 4.90 Å². The van der Waals surface area contributed by atoms with Gasteiger partial charge >= 0.3 is 0 Å². The van der Waals surface area contributed by atoms with Crippen LogP contribution in [0.3, 0.4) is 0 Å². The number of benzene rings is 1. The van der Waals surface area contributed by atoms with E-state index >= 15 is 0 Å². The molecule has 1 saturated heterocycles. The molecular formula is C14H18N2O2. The minimum atomic E-state index is 0.317. The molecule has 1 aliphatic heterocycles. The highest BCUT2D eigenvalue weighted by Crippen LogP contribution is 2.29. The molecule has 2 heterocycles. The molecule has 96 valence electrons. The molecule has 1 N–H and O–H groups in total. The molecule has 1 aliphatic rings. The van der Waals surface area contributed by atoms with Gasteiger partial charge in [0.1, 0.15) is 17.1 Å². The molecule has 1 aromatic heterocycles. The smallest absolute Gasteiger partial charge is 0.138 e. The van der Waals surface area contributed by atoms with Crippen LogP contribution >= 0.6 is 0 Å². The summed E-state index contributed by atoms with van der Waals surface area (Å²) in [6.45, 7) is 3.03. The zero-order valence-corrected chi connectivity index (χ0v) is 10.8. The summed E-state index contributed by atoms with van der Waals surface area (Å²) < 4.78 is 11.2. The highest BCUT2D eigenvalue weighted by Gasteiger charge is 2.23. The standard InChI is InChI=1S/C14H18N2O2/c1-16-6-5-15-9-12(16)14-7-10-3-4-11(17-2)8-13(10)18-14/h3-4,7-8,12,15H,5-6,9H2,1-2H3. The second-order valence-electron chi connectivity index (χ2n) is 4.75. The van der Waals surface area contributed by atoms with Gasteiger partial charge in [-0.25, -0.2) is 0 Å². The van der Waals surface area contributed by atoms with Gasteiger partial charge in [0.2, 0.25) is 0 Å². The first-order valence-electron chi connectivity index (χ1n) is 6.26. The van der Waals surface area contributed by atoms with E-state index in [0.717, 1.165) is 42.1 Å². The Hall–Kier alpha value is -1.52. The van der Waals surface area contributed by atoms with Crippen molar-refractivity contribution in [2.75, 3.05) is 33.8 Å². The predicted molar refractivity (Wildman–Crippen MR) is 71.0 cm³/mol. The zero-order valence-electron chi connectivity index (χ0n) is 10.8. The van der Waals surface area contributed by atoms with E-state index in [2.05, 4.69) is 23.3 Å². The predicted octanol–water partition coefficient (Wildman–Crippen LogP) is 2.02. The average molecular weight is 246 g/mol. The third-order valence-corrected chi connectivity index (χ3v) is 3.59. The fourth-order valence-corrected chi connectivity index (χ4v) is 2.45. The van der Waals surface area contributed by atoms with Gasteiger partial charge in [0.15, 0.2) is 0 Å². The SMILES string of the molecule is COc1ccc2cc(C3CNCCN3C)oc2c1. The number of fused-ring (bicyclic) bond motifs is 1. The minimum absolute atomic E-state index is 0.317. The highest BCUT2D eigenvalue weighted by molar-refractivity contribution is 5.79. The summed E-state index contributed by atoms with van der Waals surface area (Å²) in [5.41, 5.74) is 0.892. The molecule has 18 heavy (non-hydrogen) atoms. The van der Waals surface area contributed by atoms with Gasteiger partial charge in [-0.05, 0) is 25.2 Å². The van der Waals surface area contributed by atoms with E-state index in [1.54, 1.807) is 7.11 Å². The first-order valence-corrected chi connectivity index (χ1v) is 6.26. The lowest BCUT2D eigenvalue weighted by atomic mass is 10.1. The van der Waals surface area contributed by atoms with Gasteiger partial charge in [-0.15, -0.1) is 0 Å². The van der Waals surface area contributed by atoms with Crippen LogP contribution in [0, 0.1) is 0 Å². The van der Waals surface area contributed by atoms with Gasteiger partial charge < -0.3 is 14.5 Å². The number of likely N-dealkylation sites (N-methyl/N-ethyl adjacent to an activating group) is 1. The lowest BCUT2D eigenvalue weighted by Gasteiger charge is -2.31. The highest BCUT2D eigenvalue weighted by atomic mass is 16.5. The maximum Gasteiger partial charge on any atom is 0.138 e.